The molecule has 1 spiro atoms. The number of ether oxygens (including phenoxy) is 2. The number of hydrogen-bond acceptors (Lipinski definition) is 6. The summed E-state index contributed by atoms with van der Waals surface area (Å²) in [6, 6.07) is -0.239. The maximum atomic E-state index is 11.7. The first-order valence-corrected chi connectivity index (χ1v) is 8.70. The number of nitrogens with one attached hydrogen (secondary N) is 1. The summed E-state index contributed by atoms with van der Waals surface area (Å²) in [5.41, 5.74) is 2.48. The van der Waals surface area contributed by atoms with Crippen molar-refractivity contribution in [2.75, 3.05) is 26.1 Å². The Labute approximate surface area is 114 Å². The molecule has 0 saturated carbocycles. The van der Waals surface area contributed by atoms with E-state index in [0.29, 0.717) is 13.2 Å². The van der Waals surface area contributed by atoms with Gasteiger partial charge in [-0.05, 0) is 25.7 Å². The minimum absolute atomic E-state index is 0.199. The Balaban J connectivity index is 2.10. The highest BCUT2D eigenvalue weighted by atomic mass is 32.2. The van der Waals surface area contributed by atoms with E-state index in [-0.39, 0.29) is 17.6 Å². The van der Waals surface area contributed by atoms with Gasteiger partial charge in [-0.25, -0.2) is 8.42 Å². The molecule has 0 amide bonds. The summed E-state index contributed by atoms with van der Waals surface area (Å²) in [6.07, 6.45) is 3.78. The third-order valence-electron chi connectivity index (χ3n) is 4.48. The second-order valence-corrected chi connectivity index (χ2v) is 8.22. The van der Waals surface area contributed by atoms with Gasteiger partial charge < -0.3 is 9.47 Å². The molecule has 4 atom stereocenters. The molecule has 2 fully saturated rings. The zero-order valence-electron chi connectivity index (χ0n) is 11.6. The van der Waals surface area contributed by atoms with Gasteiger partial charge in [-0.1, -0.05) is 0 Å². The van der Waals surface area contributed by atoms with Crippen LogP contribution < -0.4 is 11.3 Å². The van der Waals surface area contributed by atoms with Crippen LogP contribution in [0, 0.1) is 5.92 Å². The monoisotopic (exact) mass is 292 g/mol. The van der Waals surface area contributed by atoms with Gasteiger partial charge in [-0.2, -0.15) is 0 Å². The van der Waals surface area contributed by atoms with Gasteiger partial charge in [0.15, 0.2) is 9.84 Å². The molecule has 4 unspecified atom stereocenters. The summed E-state index contributed by atoms with van der Waals surface area (Å²) >= 11 is 0. The Bertz CT molecular complexity index is 406. The van der Waals surface area contributed by atoms with E-state index in [1.807, 2.05) is 0 Å². The minimum atomic E-state index is -3.11. The van der Waals surface area contributed by atoms with Gasteiger partial charge in [0.25, 0.3) is 0 Å². The third kappa shape index (κ3) is 3.28. The molecular weight excluding hydrogens is 268 g/mol. The molecule has 0 aromatic carbocycles. The zero-order valence-corrected chi connectivity index (χ0v) is 12.4. The molecule has 6 nitrogen and oxygen atoms in total. The highest BCUT2D eigenvalue weighted by molar-refractivity contribution is 7.91. The van der Waals surface area contributed by atoms with Gasteiger partial charge >= 0.3 is 0 Å². The summed E-state index contributed by atoms with van der Waals surface area (Å²) in [4.78, 5) is 0. The van der Waals surface area contributed by atoms with Gasteiger partial charge in [0, 0.05) is 31.9 Å². The molecule has 0 aromatic heterocycles. The Kier molecular flexibility index (Phi) is 4.52. The average molecular weight is 292 g/mol. The van der Waals surface area contributed by atoms with Crippen molar-refractivity contribution < 1.29 is 17.9 Å². The van der Waals surface area contributed by atoms with Crippen LogP contribution in [0.25, 0.3) is 0 Å². The first kappa shape index (κ1) is 15.2. The highest BCUT2D eigenvalue weighted by Gasteiger charge is 2.44. The van der Waals surface area contributed by atoms with Gasteiger partial charge in [-0.15, -0.1) is 0 Å². The largest absolute Gasteiger partial charge is 0.378 e. The Hall–Kier alpha value is -0.210. The number of nitrogens with two attached hydrogens (primary N) is 1. The highest BCUT2D eigenvalue weighted by Crippen LogP contribution is 2.38. The Morgan fingerprint density at radius 3 is 2.68 bits per heavy atom. The number of sulfone groups is 1. The number of hydrogen-bond donors (Lipinski definition) is 2. The molecule has 0 bridgehead atoms. The molecule has 2 saturated heterocycles. The Morgan fingerprint density at radius 1 is 1.42 bits per heavy atom. The lowest BCUT2D eigenvalue weighted by atomic mass is 9.80. The summed E-state index contributed by atoms with van der Waals surface area (Å²) < 4.78 is 34.8. The lowest BCUT2D eigenvalue weighted by molar-refractivity contribution is -0.103. The normalized spacial score (nSPS) is 35.4. The average Bonchev–Trinajstić information content (AvgIpc) is 2.77. The molecule has 2 aliphatic heterocycles. The van der Waals surface area contributed by atoms with Gasteiger partial charge in [0.1, 0.15) is 0 Å². The van der Waals surface area contributed by atoms with Crippen molar-refractivity contribution in [3.8, 4) is 0 Å². The van der Waals surface area contributed by atoms with Crippen molar-refractivity contribution in [2.24, 2.45) is 11.8 Å². The molecule has 0 aliphatic carbocycles. The van der Waals surface area contributed by atoms with Crippen LogP contribution in [0.1, 0.15) is 26.2 Å². The molecule has 19 heavy (non-hydrogen) atoms. The van der Waals surface area contributed by atoms with Crippen molar-refractivity contribution in [1.82, 2.24) is 5.43 Å². The molecule has 2 rings (SSSR count). The van der Waals surface area contributed by atoms with Crippen LogP contribution >= 0.6 is 0 Å². The SMILES string of the molecule is CC(C(NN)C1CCOC2(CCOC2)C1)S(C)(=O)=O. The fourth-order valence-electron chi connectivity index (χ4n) is 3.16. The van der Waals surface area contributed by atoms with Crippen LogP contribution in [-0.2, 0) is 19.3 Å². The van der Waals surface area contributed by atoms with Crippen LogP contribution in [0.3, 0.4) is 0 Å². The summed E-state index contributed by atoms with van der Waals surface area (Å²) in [7, 11) is -3.11. The first-order chi connectivity index (χ1) is 8.88. The van der Waals surface area contributed by atoms with Crippen LogP contribution in [0.4, 0.5) is 0 Å². The van der Waals surface area contributed by atoms with Crippen molar-refractivity contribution in [3.05, 3.63) is 0 Å². The van der Waals surface area contributed by atoms with Crippen LogP contribution in [0.5, 0.6) is 0 Å². The fourth-order valence-corrected chi connectivity index (χ4v) is 3.99. The predicted molar refractivity (Wildman–Crippen MR) is 72.3 cm³/mol. The minimum Gasteiger partial charge on any atom is -0.378 e. The lowest BCUT2D eigenvalue weighted by Crippen LogP contribution is -2.54. The van der Waals surface area contributed by atoms with E-state index in [1.54, 1.807) is 6.92 Å². The molecule has 2 aliphatic rings. The van der Waals surface area contributed by atoms with E-state index in [2.05, 4.69) is 5.43 Å². The van der Waals surface area contributed by atoms with E-state index < -0.39 is 15.1 Å². The smallest absolute Gasteiger partial charge is 0.151 e. The maximum Gasteiger partial charge on any atom is 0.151 e. The van der Waals surface area contributed by atoms with Gasteiger partial charge in [0.05, 0.1) is 17.5 Å². The standard InChI is InChI=1S/C12H24N2O4S/c1-9(19(2,15)16)11(14-13)10-3-5-18-12(7-10)4-6-17-8-12/h9-11,14H,3-8,13H2,1-2H3. The molecule has 3 N–H and O–H groups in total. The number of hydrazine groups is 1. The third-order valence-corrected chi connectivity index (χ3v) is 6.12. The van der Waals surface area contributed by atoms with Gasteiger partial charge in [0.2, 0.25) is 0 Å². The second kappa shape index (κ2) is 5.65. The van der Waals surface area contributed by atoms with Crippen LogP contribution in [-0.4, -0.2) is 51.4 Å². The van der Waals surface area contributed by atoms with E-state index in [4.69, 9.17) is 15.3 Å². The molecular formula is C12H24N2O4S. The molecule has 2 heterocycles. The first-order valence-electron chi connectivity index (χ1n) is 6.75. The van der Waals surface area contributed by atoms with E-state index in [9.17, 15) is 8.42 Å². The Morgan fingerprint density at radius 2 is 2.16 bits per heavy atom. The van der Waals surface area contributed by atoms with Crippen molar-refractivity contribution in [2.45, 2.75) is 43.1 Å². The maximum absolute atomic E-state index is 11.7. The molecule has 0 aromatic rings. The lowest BCUT2D eigenvalue weighted by Gasteiger charge is -2.41. The second-order valence-electron chi connectivity index (χ2n) is 5.81. The fraction of sp³-hybridized carbons (Fsp3) is 1.00. The van der Waals surface area contributed by atoms with Crippen LogP contribution in [0.2, 0.25) is 0 Å². The molecule has 7 heteroatoms. The van der Waals surface area contributed by atoms with Crippen LogP contribution in [0.15, 0.2) is 0 Å². The van der Waals surface area contributed by atoms with E-state index >= 15 is 0 Å². The van der Waals surface area contributed by atoms with E-state index in [0.717, 1.165) is 25.9 Å². The molecule has 112 valence electrons. The van der Waals surface area contributed by atoms with Crippen molar-refractivity contribution in [3.63, 3.8) is 0 Å². The quantitative estimate of drug-likeness (QED) is 0.552. The number of rotatable bonds is 4. The summed E-state index contributed by atoms with van der Waals surface area (Å²) in [5, 5.41) is -0.500. The zero-order chi connectivity index (χ0) is 14.1. The van der Waals surface area contributed by atoms with E-state index in [1.165, 1.54) is 6.26 Å². The topological polar surface area (TPSA) is 90.7 Å². The van der Waals surface area contributed by atoms with Gasteiger partial charge in [-0.3, -0.25) is 11.3 Å². The molecule has 0 radical (unpaired) electrons. The van der Waals surface area contributed by atoms with Crippen molar-refractivity contribution >= 4 is 9.84 Å². The summed E-state index contributed by atoms with van der Waals surface area (Å²) in [5.74, 6) is 5.80. The van der Waals surface area contributed by atoms with Crippen molar-refractivity contribution in [1.29, 1.82) is 0 Å². The predicted octanol–water partition coefficient (Wildman–Crippen LogP) is -0.163. The summed E-state index contributed by atoms with van der Waals surface area (Å²) in [6.45, 7) is 3.68.